The quantitative estimate of drug-likeness (QED) is 0.300. The van der Waals surface area contributed by atoms with Gasteiger partial charge in [0.25, 0.3) is 11.0 Å². The van der Waals surface area contributed by atoms with Gasteiger partial charge in [-0.15, -0.1) is 0 Å². The first-order chi connectivity index (χ1) is 15.3. The Morgan fingerprint density at radius 3 is 2.72 bits per heavy atom. The van der Waals surface area contributed by atoms with Crippen molar-refractivity contribution in [2.24, 2.45) is 11.1 Å². The number of ketones is 2. The summed E-state index contributed by atoms with van der Waals surface area (Å²) in [5.74, 6) is -3.44. The molecule has 3 atom stereocenters. The largest absolute Gasteiger partial charge is 0.478 e. The van der Waals surface area contributed by atoms with Gasteiger partial charge in [0.05, 0.1) is 12.2 Å². The number of rotatable bonds is 9. The standard InChI is InChI=1S/C20H20N2O8S2/c1-3-10(23)14(22-29-2)18(25)21-15-16(24)13-12(19(26)27)9(7-31-17(13)15)8-32-20(28)11-5-4-6-30-11/h4-6,13,15,17H,3,7-8H2,1-2H3,(H,21,25)(H,26,27)/b22-14-/t13?,15-,17+/m1/s1. The number of thioether (sulfide) groups is 2. The van der Waals surface area contributed by atoms with E-state index < -0.39 is 46.4 Å². The van der Waals surface area contributed by atoms with Crippen molar-refractivity contribution in [3.63, 3.8) is 0 Å². The van der Waals surface area contributed by atoms with Crippen molar-refractivity contribution in [3.05, 3.63) is 35.3 Å². The summed E-state index contributed by atoms with van der Waals surface area (Å²) in [6.07, 6.45) is 1.40. The van der Waals surface area contributed by atoms with Crippen LogP contribution < -0.4 is 5.32 Å². The van der Waals surface area contributed by atoms with Crippen LogP contribution in [0.4, 0.5) is 0 Å². The van der Waals surface area contributed by atoms with E-state index in [-0.39, 0.29) is 34.4 Å². The van der Waals surface area contributed by atoms with Gasteiger partial charge in [-0.05, 0) is 17.7 Å². The molecule has 12 heteroatoms. The lowest BCUT2D eigenvalue weighted by Crippen LogP contribution is -2.66. The Morgan fingerprint density at radius 1 is 1.38 bits per heavy atom. The van der Waals surface area contributed by atoms with Gasteiger partial charge >= 0.3 is 5.97 Å². The van der Waals surface area contributed by atoms with Crippen LogP contribution in [0.25, 0.3) is 0 Å². The average Bonchev–Trinajstić information content (AvgIpc) is 3.33. The van der Waals surface area contributed by atoms with Gasteiger partial charge in [-0.2, -0.15) is 11.8 Å². The summed E-state index contributed by atoms with van der Waals surface area (Å²) in [5.41, 5.74) is -0.0106. The summed E-state index contributed by atoms with van der Waals surface area (Å²) in [7, 11) is 1.19. The van der Waals surface area contributed by atoms with Crippen molar-refractivity contribution in [2.75, 3.05) is 18.6 Å². The Balaban J connectivity index is 1.73. The molecule has 2 heterocycles. The van der Waals surface area contributed by atoms with Crippen molar-refractivity contribution in [1.29, 1.82) is 0 Å². The molecule has 1 aliphatic heterocycles. The zero-order valence-electron chi connectivity index (χ0n) is 17.2. The van der Waals surface area contributed by atoms with E-state index in [0.717, 1.165) is 11.8 Å². The van der Waals surface area contributed by atoms with Gasteiger partial charge in [-0.3, -0.25) is 19.2 Å². The average molecular weight is 481 g/mol. The predicted molar refractivity (Wildman–Crippen MR) is 117 cm³/mol. The van der Waals surface area contributed by atoms with Gasteiger partial charge in [-0.1, -0.05) is 23.8 Å². The van der Waals surface area contributed by atoms with Crippen LogP contribution in [0.1, 0.15) is 23.9 Å². The minimum atomic E-state index is -1.23. The number of Topliss-reactive ketones (excluding diaryl/α,β-unsaturated/α-hetero) is 2. The number of nitrogens with one attached hydrogen (secondary N) is 1. The number of carbonyl (C=O) groups is 5. The lowest BCUT2D eigenvalue weighted by molar-refractivity contribution is -0.139. The summed E-state index contributed by atoms with van der Waals surface area (Å²) >= 11 is 2.23. The fourth-order valence-corrected chi connectivity index (χ4v) is 5.91. The first-order valence-electron chi connectivity index (χ1n) is 9.56. The van der Waals surface area contributed by atoms with Crippen molar-refractivity contribution in [2.45, 2.75) is 24.6 Å². The molecule has 0 spiro atoms. The van der Waals surface area contributed by atoms with Gasteiger partial charge in [0.1, 0.15) is 13.2 Å². The number of carboxylic acids is 1. The molecule has 1 aromatic rings. The van der Waals surface area contributed by atoms with Crippen molar-refractivity contribution >= 4 is 57.8 Å². The Kier molecular flexibility index (Phi) is 7.56. The van der Waals surface area contributed by atoms with Crippen LogP contribution in [0.5, 0.6) is 0 Å². The first kappa shape index (κ1) is 23.8. The van der Waals surface area contributed by atoms with E-state index >= 15 is 0 Å². The number of aliphatic carboxylic acids is 1. The fraction of sp³-hybridized carbons (Fsp3) is 0.400. The number of nitrogens with zero attached hydrogens (tertiary/aromatic N) is 1. The third-order valence-corrected chi connectivity index (χ3v) is 7.41. The second kappa shape index (κ2) is 10.2. The molecule has 0 saturated heterocycles. The summed E-state index contributed by atoms with van der Waals surface area (Å²) in [6.45, 7) is 1.56. The summed E-state index contributed by atoms with van der Waals surface area (Å²) in [5, 5.41) is 14.8. The third kappa shape index (κ3) is 4.65. The normalized spacial score (nSPS) is 22.6. The number of carbonyl (C=O) groups excluding carboxylic acids is 4. The Hall–Kier alpha value is -2.86. The molecule has 1 unspecified atom stereocenters. The molecule has 3 rings (SSSR count). The zero-order chi connectivity index (χ0) is 23.4. The van der Waals surface area contributed by atoms with Crippen LogP contribution in [0.15, 0.2) is 39.1 Å². The lowest BCUT2D eigenvalue weighted by atomic mass is 9.71. The maximum atomic E-state index is 12.8. The molecule has 170 valence electrons. The van der Waals surface area contributed by atoms with Gasteiger partial charge < -0.3 is 19.7 Å². The van der Waals surface area contributed by atoms with Crippen LogP contribution in [0, 0.1) is 5.92 Å². The number of amides is 1. The highest BCUT2D eigenvalue weighted by molar-refractivity contribution is 8.14. The number of fused-ring (bicyclic) bond motifs is 1. The Labute approximate surface area is 191 Å². The molecule has 0 radical (unpaired) electrons. The minimum Gasteiger partial charge on any atom is -0.478 e. The number of oxime groups is 1. The predicted octanol–water partition coefficient (Wildman–Crippen LogP) is 1.31. The molecule has 1 amide bonds. The van der Waals surface area contributed by atoms with E-state index in [1.165, 1.54) is 31.2 Å². The maximum absolute atomic E-state index is 12.8. The number of hydrogen-bond donors (Lipinski definition) is 2. The topological polar surface area (TPSA) is 152 Å². The molecule has 2 N–H and O–H groups in total. The van der Waals surface area contributed by atoms with Gasteiger partial charge in [0.15, 0.2) is 17.3 Å². The van der Waals surface area contributed by atoms with Crippen LogP contribution in [-0.2, 0) is 24.0 Å². The fourth-order valence-electron chi connectivity index (χ4n) is 3.45. The summed E-state index contributed by atoms with van der Waals surface area (Å²) in [6, 6.07) is 2.15. The molecule has 1 aromatic heterocycles. The van der Waals surface area contributed by atoms with Crippen LogP contribution in [0.2, 0.25) is 0 Å². The van der Waals surface area contributed by atoms with Crippen LogP contribution >= 0.6 is 23.5 Å². The molecule has 1 aliphatic carbocycles. The number of carboxylic acid groups (broad SMARTS) is 1. The maximum Gasteiger partial charge on any atom is 0.332 e. The molecule has 32 heavy (non-hydrogen) atoms. The Bertz CT molecular complexity index is 1010. The monoisotopic (exact) mass is 480 g/mol. The van der Waals surface area contributed by atoms with E-state index in [2.05, 4.69) is 15.3 Å². The molecular formula is C20H20N2O8S2. The zero-order valence-corrected chi connectivity index (χ0v) is 18.8. The first-order valence-corrected chi connectivity index (χ1v) is 11.6. The van der Waals surface area contributed by atoms with Gasteiger partial charge in [0, 0.05) is 28.7 Å². The molecule has 1 fully saturated rings. The highest BCUT2D eigenvalue weighted by Gasteiger charge is 2.56. The molecular weight excluding hydrogens is 460 g/mol. The molecule has 0 bridgehead atoms. The summed E-state index contributed by atoms with van der Waals surface area (Å²) in [4.78, 5) is 65.7. The van der Waals surface area contributed by atoms with E-state index in [1.807, 2.05) is 0 Å². The Morgan fingerprint density at radius 2 is 2.12 bits per heavy atom. The van der Waals surface area contributed by atoms with Crippen LogP contribution in [0.3, 0.4) is 0 Å². The molecule has 1 saturated carbocycles. The van der Waals surface area contributed by atoms with Crippen molar-refractivity contribution in [1.82, 2.24) is 5.32 Å². The number of furan rings is 1. The number of hydrogen-bond acceptors (Lipinski definition) is 10. The second-order valence-corrected chi connectivity index (χ2v) is 9.00. The van der Waals surface area contributed by atoms with E-state index in [1.54, 1.807) is 13.0 Å². The molecule has 0 aromatic carbocycles. The lowest BCUT2D eigenvalue weighted by Gasteiger charge is -2.46. The molecule has 10 nitrogen and oxygen atoms in total. The highest BCUT2D eigenvalue weighted by atomic mass is 32.2. The van der Waals surface area contributed by atoms with Crippen molar-refractivity contribution < 1.29 is 38.3 Å². The smallest absolute Gasteiger partial charge is 0.332 e. The van der Waals surface area contributed by atoms with E-state index in [4.69, 9.17) is 4.42 Å². The van der Waals surface area contributed by atoms with E-state index in [9.17, 15) is 29.1 Å². The van der Waals surface area contributed by atoms with Gasteiger partial charge in [-0.25, -0.2) is 4.79 Å². The minimum absolute atomic E-state index is 0.0265. The van der Waals surface area contributed by atoms with Crippen molar-refractivity contribution in [3.8, 4) is 0 Å². The SMILES string of the molecule is CCC(=O)/C(=N/OC)C(=O)N[C@@H]1C(=O)C2C(C(=O)O)=C(CSC(=O)c3ccco3)CS[C@@H]21. The third-order valence-electron chi connectivity index (χ3n) is 5.01. The van der Waals surface area contributed by atoms with Crippen LogP contribution in [-0.4, -0.2) is 69.3 Å². The summed E-state index contributed by atoms with van der Waals surface area (Å²) < 4.78 is 5.04. The highest BCUT2D eigenvalue weighted by Crippen LogP contribution is 2.46. The van der Waals surface area contributed by atoms with Gasteiger partial charge in [0.2, 0.25) is 5.71 Å². The second-order valence-electron chi connectivity index (χ2n) is 6.88. The molecule has 2 aliphatic rings. The van der Waals surface area contributed by atoms with E-state index in [0.29, 0.717) is 5.57 Å².